The predicted molar refractivity (Wildman–Crippen MR) is 49.6 cm³/mol. The zero-order valence-corrected chi connectivity index (χ0v) is 7.85. The summed E-state index contributed by atoms with van der Waals surface area (Å²) in [6.07, 6.45) is 7.07. The molecule has 64 valence electrons. The van der Waals surface area contributed by atoms with Crippen LogP contribution >= 0.6 is 0 Å². The fourth-order valence-electron chi connectivity index (χ4n) is 1.40. The third-order valence-electron chi connectivity index (χ3n) is 2.32. The van der Waals surface area contributed by atoms with Gasteiger partial charge in [0.25, 0.3) is 0 Å². The van der Waals surface area contributed by atoms with Crippen molar-refractivity contribution in [2.75, 3.05) is 6.54 Å². The van der Waals surface area contributed by atoms with Crippen LogP contribution in [0.5, 0.6) is 0 Å². The second kappa shape index (κ2) is 3.40. The van der Waals surface area contributed by atoms with Crippen LogP contribution in [0.3, 0.4) is 0 Å². The molecule has 0 aliphatic carbocycles. The molecule has 0 saturated heterocycles. The first-order chi connectivity index (χ1) is 5.10. The van der Waals surface area contributed by atoms with Gasteiger partial charge in [-0.3, -0.25) is 0 Å². The smallest absolute Gasteiger partial charge is 0.00732 e. The molecule has 0 saturated carbocycles. The van der Waals surface area contributed by atoms with Gasteiger partial charge >= 0.3 is 0 Å². The number of hydrogen-bond acceptors (Lipinski definition) is 1. The summed E-state index contributed by atoms with van der Waals surface area (Å²) < 4.78 is 0. The van der Waals surface area contributed by atoms with Gasteiger partial charge in [-0.05, 0) is 31.7 Å². The topological polar surface area (TPSA) is 12.0 Å². The van der Waals surface area contributed by atoms with Crippen LogP contribution < -0.4 is 5.32 Å². The van der Waals surface area contributed by atoms with Gasteiger partial charge in [-0.25, -0.2) is 0 Å². The minimum absolute atomic E-state index is 0.396. The largest absolute Gasteiger partial charge is 0.314 e. The molecule has 1 atom stereocenters. The van der Waals surface area contributed by atoms with Crippen LogP contribution in [0.1, 0.15) is 33.6 Å². The van der Waals surface area contributed by atoms with Crippen LogP contribution in [0.2, 0.25) is 0 Å². The summed E-state index contributed by atoms with van der Waals surface area (Å²) in [7, 11) is 0. The van der Waals surface area contributed by atoms with Crippen LogP contribution in [0.15, 0.2) is 12.2 Å². The van der Waals surface area contributed by atoms with Gasteiger partial charge in [-0.2, -0.15) is 0 Å². The molecule has 0 aromatic heterocycles. The van der Waals surface area contributed by atoms with E-state index in [0.29, 0.717) is 11.5 Å². The molecule has 0 bridgehead atoms. The summed E-state index contributed by atoms with van der Waals surface area (Å²) in [5.74, 6) is 0. The number of rotatable bonds is 0. The second-order valence-electron chi connectivity index (χ2n) is 4.23. The van der Waals surface area contributed by atoms with E-state index in [1.165, 1.54) is 12.8 Å². The van der Waals surface area contributed by atoms with Gasteiger partial charge in [0.1, 0.15) is 0 Å². The predicted octanol–water partition coefficient (Wildman–Crippen LogP) is 2.34. The Balaban J connectivity index is 2.53. The SMILES string of the molecule is CC1C/C=C/C(C)(C)CCN1. The molecule has 1 rings (SSSR count). The van der Waals surface area contributed by atoms with Crippen LogP contribution in [0, 0.1) is 5.41 Å². The van der Waals surface area contributed by atoms with Crippen molar-refractivity contribution in [3.8, 4) is 0 Å². The van der Waals surface area contributed by atoms with Gasteiger partial charge in [0.15, 0.2) is 0 Å². The van der Waals surface area contributed by atoms with Crippen molar-refractivity contribution in [3.05, 3.63) is 12.2 Å². The Hall–Kier alpha value is -0.300. The molecular weight excluding hydrogens is 134 g/mol. The first-order valence-corrected chi connectivity index (χ1v) is 4.51. The zero-order valence-electron chi connectivity index (χ0n) is 7.85. The highest BCUT2D eigenvalue weighted by Gasteiger charge is 2.15. The summed E-state index contributed by atoms with van der Waals surface area (Å²) in [6, 6.07) is 0.655. The quantitative estimate of drug-likeness (QED) is 0.527. The molecule has 1 heteroatoms. The summed E-state index contributed by atoms with van der Waals surface area (Å²) in [5, 5.41) is 3.49. The first kappa shape index (κ1) is 8.79. The van der Waals surface area contributed by atoms with Crippen LogP contribution in [-0.4, -0.2) is 12.6 Å². The maximum atomic E-state index is 3.49. The molecule has 0 fully saturated rings. The monoisotopic (exact) mass is 153 g/mol. The van der Waals surface area contributed by atoms with Crippen molar-refractivity contribution in [3.63, 3.8) is 0 Å². The Bertz CT molecular complexity index is 147. The highest BCUT2D eigenvalue weighted by atomic mass is 14.9. The summed E-state index contributed by atoms with van der Waals surface area (Å²) in [5.41, 5.74) is 0.396. The maximum absolute atomic E-state index is 3.49. The Morgan fingerprint density at radius 3 is 2.91 bits per heavy atom. The highest BCUT2D eigenvalue weighted by molar-refractivity contribution is 4.98. The van der Waals surface area contributed by atoms with E-state index in [1.807, 2.05) is 0 Å². The van der Waals surface area contributed by atoms with Gasteiger partial charge in [0, 0.05) is 6.04 Å². The van der Waals surface area contributed by atoms with Gasteiger partial charge in [0.05, 0.1) is 0 Å². The van der Waals surface area contributed by atoms with E-state index >= 15 is 0 Å². The lowest BCUT2D eigenvalue weighted by atomic mass is 9.87. The Labute approximate surface area is 69.9 Å². The van der Waals surface area contributed by atoms with Gasteiger partial charge < -0.3 is 5.32 Å². The molecule has 1 nitrogen and oxygen atoms in total. The third kappa shape index (κ3) is 3.06. The molecule has 11 heavy (non-hydrogen) atoms. The van der Waals surface area contributed by atoms with Crippen LogP contribution in [0.25, 0.3) is 0 Å². The van der Waals surface area contributed by atoms with Crippen molar-refractivity contribution >= 4 is 0 Å². The Kier molecular flexibility index (Phi) is 2.72. The molecule has 1 aliphatic heterocycles. The van der Waals surface area contributed by atoms with E-state index in [9.17, 15) is 0 Å². The summed E-state index contributed by atoms with van der Waals surface area (Å²) in [4.78, 5) is 0. The van der Waals surface area contributed by atoms with Crippen LogP contribution in [0.4, 0.5) is 0 Å². The fraction of sp³-hybridized carbons (Fsp3) is 0.800. The van der Waals surface area contributed by atoms with Crippen molar-refractivity contribution < 1.29 is 0 Å². The lowest BCUT2D eigenvalue weighted by molar-refractivity contribution is 0.391. The lowest BCUT2D eigenvalue weighted by Gasteiger charge is -2.24. The van der Waals surface area contributed by atoms with Crippen molar-refractivity contribution in [1.29, 1.82) is 0 Å². The molecule has 0 spiro atoms. The van der Waals surface area contributed by atoms with E-state index < -0.39 is 0 Å². The third-order valence-corrected chi connectivity index (χ3v) is 2.32. The molecule has 0 radical (unpaired) electrons. The molecular formula is C10H19N. The minimum atomic E-state index is 0.396. The number of hydrogen-bond donors (Lipinski definition) is 1. The zero-order chi connectivity index (χ0) is 8.32. The van der Waals surface area contributed by atoms with Gasteiger partial charge in [0.2, 0.25) is 0 Å². The van der Waals surface area contributed by atoms with Gasteiger partial charge in [-0.15, -0.1) is 0 Å². The Morgan fingerprint density at radius 1 is 1.45 bits per heavy atom. The van der Waals surface area contributed by atoms with E-state index in [2.05, 4.69) is 38.2 Å². The first-order valence-electron chi connectivity index (χ1n) is 4.51. The van der Waals surface area contributed by atoms with Crippen LogP contribution in [-0.2, 0) is 0 Å². The molecule has 1 aliphatic rings. The van der Waals surface area contributed by atoms with Crippen molar-refractivity contribution in [1.82, 2.24) is 5.32 Å². The van der Waals surface area contributed by atoms with Crippen molar-refractivity contribution in [2.45, 2.75) is 39.7 Å². The summed E-state index contributed by atoms with van der Waals surface area (Å²) >= 11 is 0. The fourth-order valence-corrected chi connectivity index (χ4v) is 1.40. The van der Waals surface area contributed by atoms with E-state index in [1.54, 1.807) is 0 Å². The highest BCUT2D eigenvalue weighted by Crippen LogP contribution is 2.23. The molecule has 1 unspecified atom stereocenters. The number of nitrogens with one attached hydrogen (secondary N) is 1. The average Bonchev–Trinajstić information content (AvgIpc) is 1.83. The molecule has 1 heterocycles. The summed E-state index contributed by atoms with van der Waals surface area (Å²) in [6.45, 7) is 7.98. The van der Waals surface area contributed by atoms with Crippen molar-refractivity contribution in [2.24, 2.45) is 5.41 Å². The lowest BCUT2D eigenvalue weighted by Crippen LogP contribution is -2.30. The number of allylic oxidation sites excluding steroid dienone is 1. The van der Waals surface area contributed by atoms with E-state index in [0.717, 1.165) is 6.54 Å². The van der Waals surface area contributed by atoms with Gasteiger partial charge in [-0.1, -0.05) is 26.0 Å². The molecule has 1 N–H and O–H groups in total. The minimum Gasteiger partial charge on any atom is -0.314 e. The Morgan fingerprint density at radius 2 is 2.18 bits per heavy atom. The maximum Gasteiger partial charge on any atom is 0.00732 e. The van der Waals surface area contributed by atoms with E-state index in [4.69, 9.17) is 0 Å². The normalized spacial score (nSPS) is 33.9. The molecule has 0 amide bonds. The second-order valence-corrected chi connectivity index (χ2v) is 4.23. The molecule has 0 aromatic carbocycles. The average molecular weight is 153 g/mol. The van der Waals surface area contributed by atoms with E-state index in [-0.39, 0.29) is 0 Å². The standard InChI is InChI=1S/C10H19N/c1-9-5-4-6-10(2,3)7-8-11-9/h4,6,9,11H,5,7-8H2,1-3H3/b6-4+. The molecule has 0 aromatic rings.